The Balaban J connectivity index is 1.47. The second kappa shape index (κ2) is 5.78. The van der Waals surface area contributed by atoms with Crippen molar-refractivity contribution < 1.29 is 9.53 Å². The van der Waals surface area contributed by atoms with E-state index in [-0.39, 0.29) is 5.91 Å². The van der Waals surface area contributed by atoms with Gasteiger partial charge in [-0.25, -0.2) is 4.52 Å². The van der Waals surface area contributed by atoms with Gasteiger partial charge < -0.3 is 15.4 Å². The van der Waals surface area contributed by atoms with Crippen LogP contribution in [0.5, 0.6) is 5.75 Å². The first-order valence-corrected chi connectivity index (χ1v) is 8.62. The van der Waals surface area contributed by atoms with E-state index < -0.39 is 5.60 Å². The van der Waals surface area contributed by atoms with E-state index in [0.29, 0.717) is 28.7 Å². The molecule has 0 fully saturated rings. The monoisotopic (exact) mass is 376 g/mol. The summed E-state index contributed by atoms with van der Waals surface area (Å²) in [6.45, 7) is 3.45. The van der Waals surface area contributed by atoms with Gasteiger partial charge >= 0.3 is 0 Å². The normalized spacial score (nSPS) is 15.0. The van der Waals surface area contributed by atoms with Gasteiger partial charge in [0.15, 0.2) is 11.2 Å². The highest BCUT2D eigenvalue weighted by Crippen LogP contribution is 2.36. The van der Waals surface area contributed by atoms with Gasteiger partial charge in [-0.15, -0.1) is 5.10 Å². The lowest BCUT2D eigenvalue weighted by Crippen LogP contribution is -2.45. The van der Waals surface area contributed by atoms with Crippen molar-refractivity contribution in [3.05, 3.63) is 43.0 Å². The Bertz CT molecular complexity index is 1200. The number of benzene rings is 1. The Morgan fingerprint density at radius 3 is 3.00 bits per heavy atom. The summed E-state index contributed by atoms with van der Waals surface area (Å²) in [5.41, 5.74) is 2.50. The van der Waals surface area contributed by atoms with E-state index in [1.54, 1.807) is 55.3 Å². The zero-order valence-corrected chi connectivity index (χ0v) is 15.1. The summed E-state index contributed by atoms with van der Waals surface area (Å²) in [5.74, 6) is 0.824. The van der Waals surface area contributed by atoms with Crippen LogP contribution < -0.4 is 15.4 Å². The van der Waals surface area contributed by atoms with E-state index in [1.165, 1.54) is 0 Å². The molecular formula is C18H16N8O2. The standard InChI is InChI=1S/C18H16N8O2/c1-18(2)16(27)23-12-7-11(3-4-13(12)28-18)22-17-24-15-14(10-8-20-21-9-10)19-5-6-26(15)25-17/h3-9H,1-2H3,(H,20,21)(H,22,25)(H,23,27). The van der Waals surface area contributed by atoms with Crippen LogP contribution in [0.25, 0.3) is 16.9 Å². The van der Waals surface area contributed by atoms with Gasteiger partial charge in [0.1, 0.15) is 11.4 Å². The van der Waals surface area contributed by atoms with Crippen molar-refractivity contribution in [2.45, 2.75) is 19.4 Å². The molecular weight excluding hydrogens is 360 g/mol. The number of ether oxygens (including phenoxy) is 1. The maximum absolute atomic E-state index is 12.1. The topological polar surface area (TPSA) is 122 Å². The van der Waals surface area contributed by atoms with Gasteiger partial charge in [0, 0.05) is 29.8 Å². The predicted molar refractivity (Wildman–Crippen MR) is 101 cm³/mol. The van der Waals surface area contributed by atoms with E-state index >= 15 is 0 Å². The molecule has 0 aliphatic carbocycles. The molecule has 0 saturated carbocycles. The van der Waals surface area contributed by atoms with Crippen LogP contribution in [0.3, 0.4) is 0 Å². The van der Waals surface area contributed by atoms with Crippen LogP contribution in [0, 0.1) is 0 Å². The molecule has 10 nitrogen and oxygen atoms in total. The lowest BCUT2D eigenvalue weighted by atomic mass is 10.1. The molecule has 1 aliphatic heterocycles. The van der Waals surface area contributed by atoms with Crippen LogP contribution >= 0.6 is 0 Å². The van der Waals surface area contributed by atoms with Crippen LogP contribution in [0.15, 0.2) is 43.0 Å². The van der Waals surface area contributed by atoms with Gasteiger partial charge in [-0.3, -0.25) is 14.9 Å². The zero-order chi connectivity index (χ0) is 19.3. The third-order valence-corrected chi connectivity index (χ3v) is 4.42. The van der Waals surface area contributed by atoms with Crippen molar-refractivity contribution in [3.63, 3.8) is 0 Å². The SMILES string of the molecule is CC1(C)Oc2ccc(Nc3nc4c(-c5cn[nH]c5)nccn4n3)cc2NC1=O. The average Bonchev–Trinajstić information content (AvgIpc) is 3.31. The fourth-order valence-corrected chi connectivity index (χ4v) is 2.97. The quantitative estimate of drug-likeness (QED) is 0.502. The number of rotatable bonds is 3. The number of carbonyl (C=O) groups is 1. The first-order chi connectivity index (χ1) is 13.5. The second-order valence-corrected chi connectivity index (χ2v) is 6.87. The van der Waals surface area contributed by atoms with Crippen LogP contribution in [0.1, 0.15) is 13.8 Å². The highest BCUT2D eigenvalue weighted by molar-refractivity contribution is 6.00. The molecule has 1 aliphatic rings. The lowest BCUT2D eigenvalue weighted by Gasteiger charge is -2.31. The van der Waals surface area contributed by atoms with Gasteiger partial charge in [-0.2, -0.15) is 10.1 Å². The van der Waals surface area contributed by atoms with Crippen LogP contribution in [-0.4, -0.2) is 41.3 Å². The van der Waals surface area contributed by atoms with E-state index in [2.05, 4.69) is 35.9 Å². The fourth-order valence-electron chi connectivity index (χ4n) is 2.97. The Hall–Kier alpha value is -3.95. The summed E-state index contributed by atoms with van der Waals surface area (Å²) in [6.07, 6.45) is 6.80. The minimum Gasteiger partial charge on any atom is -0.476 e. The number of anilines is 3. The molecule has 4 aromatic rings. The third kappa shape index (κ3) is 2.62. The molecule has 10 heteroatoms. The summed E-state index contributed by atoms with van der Waals surface area (Å²) in [6, 6.07) is 5.42. The fraction of sp³-hybridized carbons (Fsp3) is 0.167. The van der Waals surface area contributed by atoms with Gasteiger partial charge in [0.05, 0.1) is 11.9 Å². The first kappa shape index (κ1) is 16.2. The third-order valence-electron chi connectivity index (χ3n) is 4.42. The highest BCUT2D eigenvalue weighted by atomic mass is 16.5. The first-order valence-electron chi connectivity index (χ1n) is 8.62. The number of H-pyrrole nitrogens is 1. The van der Waals surface area contributed by atoms with Gasteiger partial charge in [-0.05, 0) is 32.0 Å². The van der Waals surface area contributed by atoms with E-state index in [1.807, 2.05) is 6.07 Å². The van der Waals surface area contributed by atoms with E-state index in [4.69, 9.17) is 4.74 Å². The molecule has 0 radical (unpaired) electrons. The molecule has 0 bridgehead atoms. The summed E-state index contributed by atoms with van der Waals surface area (Å²) in [5, 5.41) is 17.2. The summed E-state index contributed by atoms with van der Waals surface area (Å²) < 4.78 is 7.39. The van der Waals surface area contributed by atoms with Crippen molar-refractivity contribution in [2.24, 2.45) is 0 Å². The van der Waals surface area contributed by atoms with Crippen molar-refractivity contribution in [1.29, 1.82) is 0 Å². The van der Waals surface area contributed by atoms with Gasteiger partial charge in [0.25, 0.3) is 5.91 Å². The van der Waals surface area contributed by atoms with Crippen LogP contribution in [0.4, 0.5) is 17.3 Å². The lowest BCUT2D eigenvalue weighted by molar-refractivity contribution is -0.129. The number of aromatic nitrogens is 6. The number of carbonyl (C=O) groups excluding carboxylic acids is 1. The molecule has 0 atom stereocenters. The maximum Gasteiger partial charge on any atom is 0.268 e. The molecule has 0 spiro atoms. The average molecular weight is 376 g/mol. The molecule has 1 amide bonds. The van der Waals surface area contributed by atoms with Crippen molar-refractivity contribution >= 4 is 28.9 Å². The molecule has 4 heterocycles. The van der Waals surface area contributed by atoms with Crippen LogP contribution in [0.2, 0.25) is 0 Å². The molecule has 1 aromatic carbocycles. The van der Waals surface area contributed by atoms with Crippen molar-refractivity contribution in [3.8, 4) is 17.0 Å². The molecule has 28 heavy (non-hydrogen) atoms. The van der Waals surface area contributed by atoms with Gasteiger partial charge in [0.2, 0.25) is 5.95 Å². The smallest absolute Gasteiger partial charge is 0.268 e. The Morgan fingerprint density at radius 2 is 2.18 bits per heavy atom. The van der Waals surface area contributed by atoms with Crippen molar-refractivity contribution in [1.82, 2.24) is 29.8 Å². The largest absolute Gasteiger partial charge is 0.476 e. The number of nitrogens with zero attached hydrogens (tertiary/aromatic N) is 5. The summed E-state index contributed by atoms with van der Waals surface area (Å²) in [7, 11) is 0. The minimum atomic E-state index is -0.901. The zero-order valence-electron chi connectivity index (χ0n) is 15.1. The Kier molecular flexibility index (Phi) is 3.35. The molecule has 140 valence electrons. The molecule has 3 N–H and O–H groups in total. The summed E-state index contributed by atoms with van der Waals surface area (Å²) in [4.78, 5) is 21.0. The predicted octanol–water partition coefficient (Wildman–Crippen LogP) is 2.37. The molecule has 3 aromatic heterocycles. The van der Waals surface area contributed by atoms with E-state index in [0.717, 1.165) is 11.3 Å². The molecule has 5 rings (SSSR count). The maximum atomic E-state index is 12.1. The molecule has 0 unspecified atom stereocenters. The van der Waals surface area contributed by atoms with Crippen molar-refractivity contribution in [2.75, 3.05) is 10.6 Å². The summed E-state index contributed by atoms with van der Waals surface area (Å²) >= 11 is 0. The number of amides is 1. The van der Waals surface area contributed by atoms with Gasteiger partial charge in [-0.1, -0.05) is 0 Å². The number of fused-ring (bicyclic) bond motifs is 2. The number of nitrogens with one attached hydrogen (secondary N) is 3. The number of hydrogen-bond acceptors (Lipinski definition) is 7. The number of hydrogen-bond donors (Lipinski definition) is 3. The second-order valence-electron chi connectivity index (χ2n) is 6.87. The minimum absolute atomic E-state index is 0.196. The molecule has 0 saturated heterocycles. The Labute approximate surface area is 159 Å². The Morgan fingerprint density at radius 1 is 1.29 bits per heavy atom. The number of aromatic amines is 1. The van der Waals surface area contributed by atoms with Crippen LogP contribution in [-0.2, 0) is 4.79 Å². The van der Waals surface area contributed by atoms with E-state index in [9.17, 15) is 4.79 Å². The highest BCUT2D eigenvalue weighted by Gasteiger charge is 2.35.